The van der Waals surface area contributed by atoms with Crippen molar-refractivity contribution in [1.82, 2.24) is 5.32 Å². The standard InChI is InChI=1S/C11H9ClF3NO4S/c12-8-2-1-6(3-7(8)10(18)19)21(20)4-9(17)16-5-11(13,14)15/h1-3H,4-5H2,(H,16,17)(H,18,19). The van der Waals surface area contributed by atoms with Crippen LogP contribution in [-0.4, -0.2) is 39.7 Å². The summed E-state index contributed by atoms with van der Waals surface area (Å²) in [6.45, 7) is -1.52. The van der Waals surface area contributed by atoms with Gasteiger partial charge in [0.05, 0.1) is 21.4 Å². The number of alkyl halides is 3. The predicted molar refractivity (Wildman–Crippen MR) is 68.8 cm³/mol. The molecule has 5 nitrogen and oxygen atoms in total. The maximum absolute atomic E-state index is 11.9. The van der Waals surface area contributed by atoms with Gasteiger partial charge in [0, 0.05) is 4.90 Å². The number of benzene rings is 1. The normalized spacial score (nSPS) is 12.8. The zero-order valence-electron chi connectivity index (χ0n) is 10.2. The monoisotopic (exact) mass is 343 g/mol. The molecule has 1 unspecified atom stereocenters. The molecule has 0 saturated heterocycles. The lowest BCUT2D eigenvalue weighted by atomic mass is 10.2. The predicted octanol–water partition coefficient (Wildman–Crippen LogP) is 1.82. The van der Waals surface area contributed by atoms with Gasteiger partial charge in [-0.2, -0.15) is 13.2 Å². The Labute approximate surface area is 124 Å². The first-order valence-corrected chi connectivity index (χ1v) is 7.04. The van der Waals surface area contributed by atoms with Crippen molar-refractivity contribution in [3.8, 4) is 0 Å². The fraction of sp³-hybridized carbons (Fsp3) is 0.273. The van der Waals surface area contributed by atoms with Crippen molar-refractivity contribution < 1.29 is 32.1 Å². The third kappa shape index (κ3) is 5.72. The Morgan fingerprint density at radius 2 is 1.95 bits per heavy atom. The average molecular weight is 344 g/mol. The zero-order chi connectivity index (χ0) is 16.2. The van der Waals surface area contributed by atoms with E-state index >= 15 is 0 Å². The molecule has 0 saturated carbocycles. The molecule has 0 aliphatic heterocycles. The quantitative estimate of drug-likeness (QED) is 0.854. The number of hydrogen-bond donors (Lipinski definition) is 2. The molecule has 1 aromatic rings. The van der Waals surface area contributed by atoms with Crippen molar-refractivity contribution >= 4 is 34.3 Å². The largest absolute Gasteiger partial charge is 0.478 e. The van der Waals surface area contributed by atoms with Crippen LogP contribution in [0.15, 0.2) is 23.1 Å². The fourth-order valence-electron chi connectivity index (χ4n) is 1.26. The topological polar surface area (TPSA) is 83.5 Å². The Bertz CT molecular complexity index is 591. The van der Waals surface area contributed by atoms with Crippen LogP contribution in [-0.2, 0) is 15.6 Å². The highest BCUT2D eigenvalue weighted by molar-refractivity contribution is 7.85. The summed E-state index contributed by atoms with van der Waals surface area (Å²) < 4.78 is 47.5. The molecule has 1 amide bonds. The fourth-order valence-corrected chi connectivity index (χ4v) is 2.44. The molecule has 0 aliphatic carbocycles. The van der Waals surface area contributed by atoms with Crippen molar-refractivity contribution in [2.75, 3.05) is 12.3 Å². The maximum Gasteiger partial charge on any atom is 0.405 e. The van der Waals surface area contributed by atoms with Gasteiger partial charge in [-0.1, -0.05) is 11.6 Å². The number of aromatic carboxylic acids is 1. The maximum atomic E-state index is 11.9. The van der Waals surface area contributed by atoms with Gasteiger partial charge in [0.25, 0.3) is 0 Å². The van der Waals surface area contributed by atoms with E-state index in [9.17, 15) is 27.0 Å². The van der Waals surface area contributed by atoms with Gasteiger partial charge in [-0.3, -0.25) is 9.00 Å². The number of amides is 1. The minimum Gasteiger partial charge on any atom is -0.478 e. The lowest BCUT2D eigenvalue weighted by molar-refractivity contribution is -0.136. The van der Waals surface area contributed by atoms with Crippen LogP contribution < -0.4 is 5.32 Å². The van der Waals surface area contributed by atoms with Crippen LogP contribution in [0.5, 0.6) is 0 Å². The summed E-state index contributed by atoms with van der Waals surface area (Å²) in [5.41, 5.74) is -0.307. The second kappa shape index (κ2) is 6.90. The first-order chi connectivity index (χ1) is 9.60. The molecule has 1 rings (SSSR count). The van der Waals surface area contributed by atoms with Gasteiger partial charge in [0.2, 0.25) is 5.91 Å². The first kappa shape index (κ1) is 17.4. The van der Waals surface area contributed by atoms with Crippen LogP contribution in [0.4, 0.5) is 13.2 Å². The highest BCUT2D eigenvalue weighted by Gasteiger charge is 2.28. The third-order valence-corrected chi connectivity index (χ3v) is 3.81. The second-order valence-corrected chi connectivity index (χ2v) is 5.69. The lowest BCUT2D eigenvalue weighted by Crippen LogP contribution is -2.36. The van der Waals surface area contributed by atoms with Gasteiger partial charge in [-0.15, -0.1) is 0 Å². The molecule has 0 fully saturated rings. The van der Waals surface area contributed by atoms with Crippen LogP contribution in [0.2, 0.25) is 5.02 Å². The summed E-state index contributed by atoms with van der Waals surface area (Å²) in [6.07, 6.45) is -4.56. The summed E-state index contributed by atoms with van der Waals surface area (Å²) in [5.74, 6) is -3.12. The number of halogens is 4. The Morgan fingerprint density at radius 1 is 1.33 bits per heavy atom. The molecule has 2 N–H and O–H groups in total. The van der Waals surface area contributed by atoms with Crippen molar-refractivity contribution in [3.63, 3.8) is 0 Å². The zero-order valence-corrected chi connectivity index (χ0v) is 11.8. The van der Waals surface area contributed by atoms with Gasteiger partial charge in [0.1, 0.15) is 12.3 Å². The van der Waals surface area contributed by atoms with Crippen LogP contribution in [0.25, 0.3) is 0 Å². The second-order valence-electron chi connectivity index (χ2n) is 3.83. The van der Waals surface area contributed by atoms with Gasteiger partial charge in [-0.05, 0) is 18.2 Å². The van der Waals surface area contributed by atoms with Gasteiger partial charge in [0.15, 0.2) is 0 Å². The molecular weight excluding hydrogens is 335 g/mol. The number of carboxylic acids is 1. The summed E-state index contributed by atoms with van der Waals surface area (Å²) in [7, 11) is -1.98. The molecule has 0 radical (unpaired) electrons. The van der Waals surface area contributed by atoms with Crippen LogP contribution in [0.3, 0.4) is 0 Å². The van der Waals surface area contributed by atoms with Crippen molar-refractivity contribution in [3.05, 3.63) is 28.8 Å². The highest BCUT2D eigenvalue weighted by atomic mass is 35.5. The molecule has 0 aromatic heterocycles. The average Bonchev–Trinajstić information content (AvgIpc) is 2.35. The van der Waals surface area contributed by atoms with Gasteiger partial charge < -0.3 is 10.4 Å². The molecule has 10 heteroatoms. The molecule has 1 atom stereocenters. The van der Waals surface area contributed by atoms with E-state index in [0.29, 0.717) is 0 Å². The van der Waals surface area contributed by atoms with Crippen LogP contribution in [0.1, 0.15) is 10.4 Å². The SMILES string of the molecule is O=C(CS(=O)c1ccc(Cl)c(C(=O)O)c1)NCC(F)(F)F. The number of hydrogen-bond acceptors (Lipinski definition) is 3. The number of rotatable bonds is 5. The molecule has 0 aliphatic rings. The van der Waals surface area contributed by atoms with Gasteiger partial charge >= 0.3 is 12.1 Å². The minimum absolute atomic E-state index is 0.0149. The number of carbonyl (C=O) groups is 2. The summed E-state index contributed by atoms with van der Waals surface area (Å²) in [5, 5.41) is 10.3. The summed E-state index contributed by atoms with van der Waals surface area (Å²) >= 11 is 5.62. The molecule has 116 valence electrons. The summed E-state index contributed by atoms with van der Waals surface area (Å²) in [4.78, 5) is 22.0. The lowest BCUT2D eigenvalue weighted by Gasteiger charge is -2.08. The van der Waals surface area contributed by atoms with Crippen molar-refractivity contribution in [1.29, 1.82) is 0 Å². The van der Waals surface area contributed by atoms with E-state index in [1.54, 1.807) is 5.32 Å². The Kier molecular flexibility index (Phi) is 5.73. The van der Waals surface area contributed by atoms with E-state index < -0.39 is 41.1 Å². The van der Waals surface area contributed by atoms with E-state index in [2.05, 4.69) is 0 Å². The molecule has 0 bridgehead atoms. The Balaban J connectivity index is 2.74. The Hall–Kier alpha value is -1.61. The third-order valence-electron chi connectivity index (χ3n) is 2.18. The van der Waals surface area contributed by atoms with Gasteiger partial charge in [-0.25, -0.2) is 4.79 Å². The smallest absolute Gasteiger partial charge is 0.405 e. The summed E-state index contributed by atoms with van der Waals surface area (Å²) in [6, 6.07) is 3.44. The van der Waals surface area contributed by atoms with E-state index in [4.69, 9.17) is 16.7 Å². The van der Waals surface area contributed by atoms with Crippen molar-refractivity contribution in [2.24, 2.45) is 0 Å². The van der Waals surface area contributed by atoms with E-state index in [1.807, 2.05) is 0 Å². The first-order valence-electron chi connectivity index (χ1n) is 5.35. The van der Waals surface area contributed by atoms with Crippen molar-refractivity contribution in [2.45, 2.75) is 11.1 Å². The van der Waals surface area contributed by atoms with E-state index in [1.165, 1.54) is 12.1 Å². The molecule has 21 heavy (non-hydrogen) atoms. The minimum atomic E-state index is -4.56. The number of carbonyl (C=O) groups excluding carboxylic acids is 1. The van der Waals surface area contributed by atoms with E-state index in [0.717, 1.165) is 6.07 Å². The number of carboxylic acid groups (broad SMARTS) is 1. The Morgan fingerprint density at radius 3 is 2.48 bits per heavy atom. The van der Waals surface area contributed by atoms with Crippen LogP contribution >= 0.6 is 11.6 Å². The molecule has 0 spiro atoms. The molecule has 1 aromatic carbocycles. The highest BCUT2D eigenvalue weighted by Crippen LogP contribution is 2.20. The molecular formula is C11H9ClF3NO4S. The molecule has 0 heterocycles. The number of nitrogens with one attached hydrogen (secondary N) is 1. The van der Waals surface area contributed by atoms with Crippen LogP contribution in [0, 0.1) is 0 Å². The van der Waals surface area contributed by atoms with E-state index in [-0.39, 0.29) is 15.5 Å².